The van der Waals surface area contributed by atoms with Crippen molar-refractivity contribution in [3.8, 4) is 5.75 Å². The topological polar surface area (TPSA) is 83.4 Å². The zero-order chi connectivity index (χ0) is 25.8. The van der Waals surface area contributed by atoms with Gasteiger partial charge in [-0.2, -0.15) is 10.1 Å². The third kappa shape index (κ3) is 5.87. The van der Waals surface area contributed by atoms with Crippen molar-refractivity contribution < 1.29 is 14.3 Å². The highest BCUT2D eigenvalue weighted by Gasteiger charge is 2.39. The third-order valence-corrected chi connectivity index (χ3v) is 7.41. The molecule has 0 unspecified atom stereocenters. The van der Waals surface area contributed by atoms with E-state index < -0.39 is 5.25 Å². The Morgan fingerprint density at radius 3 is 2.51 bits per heavy atom. The molecule has 0 radical (unpaired) electrons. The van der Waals surface area contributed by atoms with Crippen molar-refractivity contribution in [3.05, 3.63) is 95.0 Å². The summed E-state index contributed by atoms with van der Waals surface area (Å²) in [5.41, 5.74) is 3.57. The van der Waals surface area contributed by atoms with Crippen molar-refractivity contribution in [2.24, 2.45) is 10.1 Å². The average molecular weight is 533 g/mol. The number of benzene rings is 3. The van der Waals surface area contributed by atoms with Crippen LogP contribution < -0.4 is 10.1 Å². The quantitative estimate of drug-likeness (QED) is 0.408. The molecule has 0 fully saturated rings. The number of amidine groups is 1. The van der Waals surface area contributed by atoms with E-state index in [0.717, 1.165) is 22.6 Å². The van der Waals surface area contributed by atoms with Crippen molar-refractivity contribution in [3.63, 3.8) is 0 Å². The molecule has 37 heavy (non-hydrogen) atoms. The number of carbonyl (C=O) groups excluding carboxylic acids is 2. The summed E-state index contributed by atoms with van der Waals surface area (Å²) in [6.45, 7) is 2.48. The number of nitrogens with one attached hydrogen (secondary N) is 1. The lowest BCUT2D eigenvalue weighted by molar-refractivity contribution is -0.121. The van der Waals surface area contributed by atoms with Crippen LogP contribution in [0.3, 0.4) is 0 Å². The number of hydrazone groups is 1. The van der Waals surface area contributed by atoms with Crippen LogP contribution in [-0.4, -0.2) is 39.6 Å². The summed E-state index contributed by atoms with van der Waals surface area (Å²) >= 11 is 7.35. The van der Waals surface area contributed by atoms with Crippen molar-refractivity contribution in [2.45, 2.75) is 31.1 Å². The highest BCUT2D eigenvalue weighted by atomic mass is 35.5. The standard InChI is InChI=1S/C28H25ClN4O3S/c1-2-36-22-14-12-21(13-15-22)30-26(34)17-25-27(35)31-28(37-25)33-24(19-6-4-3-5-7-19)16-23(32-33)18-8-10-20(29)11-9-18/h3-15,24-25H,2,16-17H2,1H3,(H,30,34)/t24-,25+/m0/s1. The van der Waals surface area contributed by atoms with Gasteiger partial charge in [-0.3, -0.25) is 9.59 Å². The fraction of sp³-hybridized carbons (Fsp3) is 0.214. The van der Waals surface area contributed by atoms with Gasteiger partial charge in [0, 0.05) is 23.6 Å². The molecular formula is C28H25ClN4O3S. The lowest BCUT2D eigenvalue weighted by Gasteiger charge is -2.23. The molecule has 0 bridgehead atoms. The van der Waals surface area contributed by atoms with Crippen molar-refractivity contribution in [1.82, 2.24) is 5.01 Å². The summed E-state index contributed by atoms with van der Waals surface area (Å²) in [6, 6.07) is 24.6. The summed E-state index contributed by atoms with van der Waals surface area (Å²) in [5, 5.41) is 10.1. The third-order valence-electron chi connectivity index (χ3n) is 6.02. The first-order valence-electron chi connectivity index (χ1n) is 12.0. The molecule has 0 aliphatic carbocycles. The fourth-order valence-electron chi connectivity index (χ4n) is 4.22. The van der Waals surface area contributed by atoms with Gasteiger partial charge in [0.15, 0.2) is 5.17 Å². The van der Waals surface area contributed by atoms with E-state index >= 15 is 0 Å². The lowest BCUT2D eigenvalue weighted by atomic mass is 9.99. The van der Waals surface area contributed by atoms with Gasteiger partial charge in [0.2, 0.25) is 5.91 Å². The lowest BCUT2D eigenvalue weighted by Crippen LogP contribution is -2.25. The van der Waals surface area contributed by atoms with Gasteiger partial charge in [0.1, 0.15) is 11.0 Å². The van der Waals surface area contributed by atoms with Crippen LogP contribution in [0.4, 0.5) is 5.69 Å². The maximum atomic E-state index is 12.8. The van der Waals surface area contributed by atoms with Crippen LogP contribution >= 0.6 is 23.4 Å². The van der Waals surface area contributed by atoms with E-state index in [1.807, 2.05) is 66.5 Å². The number of nitrogens with zero attached hydrogens (tertiary/aromatic N) is 3. The van der Waals surface area contributed by atoms with Crippen LogP contribution in [-0.2, 0) is 9.59 Å². The summed E-state index contributed by atoms with van der Waals surface area (Å²) in [6.07, 6.45) is 0.670. The van der Waals surface area contributed by atoms with Gasteiger partial charge in [0.25, 0.3) is 5.91 Å². The van der Waals surface area contributed by atoms with E-state index in [1.165, 1.54) is 11.8 Å². The average Bonchev–Trinajstić information content (AvgIpc) is 3.50. The molecule has 188 valence electrons. The Kier molecular flexibility index (Phi) is 7.58. The number of aliphatic imine (C=N–C) groups is 1. The number of amides is 2. The highest BCUT2D eigenvalue weighted by Crippen LogP contribution is 2.38. The number of thioether (sulfide) groups is 1. The predicted molar refractivity (Wildman–Crippen MR) is 148 cm³/mol. The number of hydrogen-bond acceptors (Lipinski definition) is 6. The van der Waals surface area contributed by atoms with Crippen LogP contribution in [0.25, 0.3) is 0 Å². The molecule has 1 N–H and O–H groups in total. The molecule has 3 aromatic rings. The van der Waals surface area contributed by atoms with E-state index in [0.29, 0.717) is 28.9 Å². The van der Waals surface area contributed by atoms with E-state index in [9.17, 15) is 9.59 Å². The zero-order valence-corrected chi connectivity index (χ0v) is 21.7. The summed E-state index contributed by atoms with van der Waals surface area (Å²) in [4.78, 5) is 29.8. The Morgan fingerprint density at radius 1 is 1.08 bits per heavy atom. The maximum absolute atomic E-state index is 12.8. The predicted octanol–water partition coefficient (Wildman–Crippen LogP) is 5.92. The first kappa shape index (κ1) is 25.0. The molecule has 2 amide bonds. The second-order valence-corrected chi connectivity index (χ2v) is 10.2. The second kappa shape index (κ2) is 11.2. The number of anilines is 1. The first-order chi connectivity index (χ1) is 18.0. The molecular weight excluding hydrogens is 508 g/mol. The van der Waals surface area contributed by atoms with Crippen LogP contribution in [0.5, 0.6) is 5.75 Å². The molecule has 3 aromatic carbocycles. The number of carbonyl (C=O) groups is 2. The van der Waals surface area contributed by atoms with Gasteiger partial charge in [-0.25, -0.2) is 5.01 Å². The number of hydrogen-bond donors (Lipinski definition) is 1. The van der Waals surface area contributed by atoms with Gasteiger partial charge in [-0.05, 0) is 54.4 Å². The van der Waals surface area contributed by atoms with Crippen molar-refractivity contribution in [1.29, 1.82) is 0 Å². The summed E-state index contributed by atoms with van der Waals surface area (Å²) in [5.74, 6) is 0.152. The first-order valence-corrected chi connectivity index (χ1v) is 13.3. The minimum atomic E-state index is -0.607. The summed E-state index contributed by atoms with van der Waals surface area (Å²) in [7, 11) is 0. The Morgan fingerprint density at radius 2 is 1.81 bits per heavy atom. The Hall–Kier alpha value is -3.62. The molecule has 0 spiro atoms. The van der Waals surface area contributed by atoms with E-state index in [2.05, 4.69) is 10.3 Å². The number of ether oxygens (including phenoxy) is 1. The Balaban J connectivity index is 1.30. The minimum absolute atomic E-state index is 0.0152. The minimum Gasteiger partial charge on any atom is -0.494 e. The summed E-state index contributed by atoms with van der Waals surface area (Å²) < 4.78 is 5.43. The maximum Gasteiger partial charge on any atom is 0.262 e. The molecule has 9 heteroatoms. The molecule has 2 atom stereocenters. The van der Waals surface area contributed by atoms with Gasteiger partial charge in [-0.15, -0.1) is 0 Å². The van der Waals surface area contributed by atoms with E-state index in [1.54, 1.807) is 24.3 Å². The molecule has 2 heterocycles. The normalized spacial score (nSPS) is 19.0. The van der Waals surface area contributed by atoms with Crippen molar-refractivity contribution in [2.75, 3.05) is 11.9 Å². The van der Waals surface area contributed by atoms with Crippen LogP contribution in [0.15, 0.2) is 89.0 Å². The molecule has 0 saturated heterocycles. The van der Waals surface area contributed by atoms with Gasteiger partial charge >= 0.3 is 0 Å². The monoisotopic (exact) mass is 532 g/mol. The van der Waals surface area contributed by atoms with Gasteiger partial charge < -0.3 is 10.1 Å². The zero-order valence-electron chi connectivity index (χ0n) is 20.1. The molecule has 0 aromatic heterocycles. The second-order valence-electron chi connectivity index (χ2n) is 8.58. The van der Waals surface area contributed by atoms with Gasteiger partial charge in [0.05, 0.1) is 18.4 Å². The van der Waals surface area contributed by atoms with Crippen LogP contribution in [0.2, 0.25) is 5.02 Å². The van der Waals surface area contributed by atoms with Crippen molar-refractivity contribution >= 4 is 51.7 Å². The van der Waals surface area contributed by atoms with E-state index in [-0.39, 0.29) is 24.3 Å². The number of halogens is 1. The van der Waals surface area contributed by atoms with Gasteiger partial charge in [-0.1, -0.05) is 65.8 Å². The number of rotatable bonds is 7. The molecule has 7 nitrogen and oxygen atoms in total. The van der Waals surface area contributed by atoms with Crippen LogP contribution in [0, 0.1) is 0 Å². The van der Waals surface area contributed by atoms with E-state index in [4.69, 9.17) is 21.4 Å². The fourth-order valence-corrected chi connectivity index (χ4v) is 5.41. The molecule has 2 aliphatic rings. The molecule has 5 rings (SSSR count). The largest absolute Gasteiger partial charge is 0.494 e. The Bertz CT molecular complexity index is 1340. The molecule has 0 saturated carbocycles. The van der Waals surface area contributed by atoms with Crippen LogP contribution in [0.1, 0.15) is 36.9 Å². The Labute approximate surface area is 224 Å². The highest BCUT2D eigenvalue weighted by molar-refractivity contribution is 8.15. The SMILES string of the molecule is CCOc1ccc(NC(=O)C[C@H]2SC(N3N=C(c4ccc(Cl)cc4)C[C@H]3c3ccccc3)=NC2=O)cc1. The smallest absolute Gasteiger partial charge is 0.262 e. The molecule has 2 aliphatic heterocycles.